The first-order chi connectivity index (χ1) is 13.3. The van der Waals surface area contributed by atoms with Crippen molar-refractivity contribution in [1.29, 1.82) is 0 Å². The van der Waals surface area contributed by atoms with Gasteiger partial charge in [0.1, 0.15) is 5.75 Å². The van der Waals surface area contributed by atoms with E-state index in [2.05, 4.69) is 22.3 Å². The summed E-state index contributed by atoms with van der Waals surface area (Å²) in [5.74, 6) is 1.54. The number of rotatable bonds is 8. The first kappa shape index (κ1) is 19.4. The molecule has 0 unspecified atom stereocenters. The van der Waals surface area contributed by atoms with Gasteiger partial charge >= 0.3 is 0 Å². The third-order valence-corrected chi connectivity index (χ3v) is 4.62. The number of nitrogens with zero attached hydrogens (tertiary/aromatic N) is 2. The number of hydrogen-bond donors (Lipinski definition) is 1. The highest BCUT2D eigenvalue weighted by molar-refractivity contribution is 8.13. The molecular weight excluding hydrogens is 362 g/mol. The molecule has 1 heterocycles. The zero-order valence-electron chi connectivity index (χ0n) is 15.0. The van der Waals surface area contributed by atoms with Gasteiger partial charge in [0.05, 0.1) is 26.0 Å². The van der Waals surface area contributed by atoms with Crippen LogP contribution in [0.15, 0.2) is 64.8 Å². The third-order valence-electron chi connectivity index (χ3n) is 3.76. The molecule has 3 rings (SSSR count). The van der Waals surface area contributed by atoms with E-state index in [1.54, 1.807) is 6.21 Å². The Morgan fingerprint density at radius 3 is 2.78 bits per heavy atom. The van der Waals surface area contributed by atoms with Crippen molar-refractivity contribution in [2.24, 2.45) is 15.9 Å². The van der Waals surface area contributed by atoms with E-state index in [0.29, 0.717) is 31.4 Å². The van der Waals surface area contributed by atoms with Gasteiger partial charge in [0.25, 0.3) is 0 Å². The Morgan fingerprint density at radius 1 is 1.15 bits per heavy atom. The van der Waals surface area contributed by atoms with Crippen LogP contribution in [0.5, 0.6) is 5.75 Å². The van der Waals surface area contributed by atoms with E-state index in [0.717, 1.165) is 17.1 Å². The Hall–Kier alpha value is -2.35. The van der Waals surface area contributed by atoms with Crippen molar-refractivity contribution in [3.8, 4) is 5.75 Å². The molecule has 2 aromatic carbocycles. The predicted octanol–water partition coefficient (Wildman–Crippen LogP) is 3.41. The van der Waals surface area contributed by atoms with Gasteiger partial charge in [-0.15, -0.1) is 5.10 Å². The van der Waals surface area contributed by atoms with Gasteiger partial charge in [-0.05, 0) is 23.3 Å². The van der Waals surface area contributed by atoms with Crippen LogP contribution < -0.4 is 10.5 Å². The van der Waals surface area contributed by atoms with E-state index in [1.807, 2.05) is 42.5 Å². The SMILES string of the molecule is NC(=NN=Cc1cccc(OCCC2OCCO2)c1)SCc1ccccc1. The molecule has 1 fully saturated rings. The van der Waals surface area contributed by atoms with E-state index in [1.165, 1.54) is 17.3 Å². The molecule has 2 aromatic rings. The average molecular weight is 385 g/mol. The molecule has 1 aliphatic rings. The van der Waals surface area contributed by atoms with Crippen LogP contribution in [0, 0.1) is 0 Å². The van der Waals surface area contributed by atoms with Crippen LogP contribution in [-0.4, -0.2) is 37.5 Å². The highest BCUT2D eigenvalue weighted by atomic mass is 32.2. The van der Waals surface area contributed by atoms with Gasteiger partial charge in [0, 0.05) is 12.2 Å². The Kier molecular flexibility index (Phi) is 7.70. The van der Waals surface area contributed by atoms with Crippen molar-refractivity contribution in [2.75, 3.05) is 19.8 Å². The van der Waals surface area contributed by atoms with Crippen LogP contribution in [0.25, 0.3) is 0 Å². The largest absolute Gasteiger partial charge is 0.493 e. The minimum absolute atomic E-state index is 0.152. The summed E-state index contributed by atoms with van der Waals surface area (Å²) in [6, 6.07) is 17.8. The summed E-state index contributed by atoms with van der Waals surface area (Å²) < 4.78 is 16.5. The van der Waals surface area contributed by atoms with Crippen LogP contribution in [0.1, 0.15) is 17.5 Å². The zero-order chi connectivity index (χ0) is 18.7. The van der Waals surface area contributed by atoms with Crippen molar-refractivity contribution < 1.29 is 14.2 Å². The molecule has 6 nitrogen and oxygen atoms in total. The number of amidine groups is 1. The lowest BCUT2D eigenvalue weighted by Crippen LogP contribution is -2.12. The monoisotopic (exact) mass is 385 g/mol. The lowest BCUT2D eigenvalue weighted by Gasteiger charge is -2.10. The minimum Gasteiger partial charge on any atom is -0.493 e. The molecular formula is C20H23N3O3S. The number of hydrogen-bond acceptors (Lipinski definition) is 6. The van der Waals surface area contributed by atoms with Gasteiger partial charge in [0.15, 0.2) is 11.5 Å². The predicted molar refractivity (Wildman–Crippen MR) is 109 cm³/mol. The van der Waals surface area contributed by atoms with Gasteiger partial charge < -0.3 is 19.9 Å². The fourth-order valence-electron chi connectivity index (χ4n) is 2.44. The Morgan fingerprint density at radius 2 is 1.96 bits per heavy atom. The molecule has 0 saturated carbocycles. The summed E-state index contributed by atoms with van der Waals surface area (Å²) in [5.41, 5.74) is 7.98. The molecule has 0 spiro atoms. The summed E-state index contributed by atoms with van der Waals surface area (Å²) in [4.78, 5) is 0. The summed E-state index contributed by atoms with van der Waals surface area (Å²) in [6.45, 7) is 1.85. The van der Waals surface area contributed by atoms with Crippen LogP contribution in [0.4, 0.5) is 0 Å². The molecule has 1 saturated heterocycles. The topological polar surface area (TPSA) is 78.4 Å². The van der Waals surface area contributed by atoms with E-state index in [4.69, 9.17) is 19.9 Å². The summed E-state index contributed by atoms with van der Waals surface area (Å²) in [5, 5.41) is 8.52. The van der Waals surface area contributed by atoms with E-state index >= 15 is 0 Å². The molecule has 0 bridgehead atoms. The normalized spacial score (nSPS) is 15.5. The van der Waals surface area contributed by atoms with Crippen molar-refractivity contribution in [3.05, 3.63) is 65.7 Å². The van der Waals surface area contributed by atoms with Gasteiger partial charge in [-0.25, -0.2) is 0 Å². The standard InChI is InChI=1S/C20H23N3O3S/c21-20(27-15-16-5-2-1-3-6-16)23-22-14-17-7-4-8-18(13-17)24-10-9-19-25-11-12-26-19/h1-8,13-14,19H,9-12,15H2,(H2,21,23). The maximum atomic E-state index is 5.89. The second-order valence-corrected chi connectivity index (χ2v) is 6.83. The average Bonchev–Trinajstić information content (AvgIpc) is 3.21. The lowest BCUT2D eigenvalue weighted by atomic mass is 10.2. The second-order valence-electron chi connectivity index (χ2n) is 5.84. The quantitative estimate of drug-likeness (QED) is 0.428. The van der Waals surface area contributed by atoms with Crippen molar-refractivity contribution in [2.45, 2.75) is 18.5 Å². The molecule has 142 valence electrons. The van der Waals surface area contributed by atoms with Crippen molar-refractivity contribution in [3.63, 3.8) is 0 Å². The van der Waals surface area contributed by atoms with Crippen LogP contribution in [0.2, 0.25) is 0 Å². The summed E-state index contributed by atoms with van der Waals surface area (Å²) >= 11 is 1.46. The van der Waals surface area contributed by atoms with Gasteiger partial charge in [-0.3, -0.25) is 0 Å². The first-order valence-electron chi connectivity index (χ1n) is 8.79. The van der Waals surface area contributed by atoms with Crippen LogP contribution >= 0.6 is 11.8 Å². The molecule has 2 N–H and O–H groups in total. The maximum Gasteiger partial charge on any atom is 0.180 e. The number of ether oxygens (including phenoxy) is 3. The van der Waals surface area contributed by atoms with Crippen molar-refractivity contribution in [1.82, 2.24) is 0 Å². The minimum atomic E-state index is -0.152. The van der Waals surface area contributed by atoms with E-state index in [-0.39, 0.29) is 6.29 Å². The molecule has 0 radical (unpaired) electrons. The lowest BCUT2D eigenvalue weighted by molar-refractivity contribution is -0.0531. The highest BCUT2D eigenvalue weighted by Gasteiger charge is 2.15. The summed E-state index contributed by atoms with van der Waals surface area (Å²) in [7, 11) is 0. The Balaban J connectivity index is 1.44. The number of nitrogens with two attached hydrogens (primary N) is 1. The summed E-state index contributed by atoms with van der Waals surface area (Å²) in [6.07, 6.45) is 2.21. The van der Waals surface area contributed by atoms with Gasteiger partial charge in [-0.2, -0.15) is 5.10 Å². The fourth-order valence-corrected chi connectivity index (χ4v) is 3.06. The van der Waals surface area contributed by atoms with Crippen molar-refractivity contribution >= 4 is 23.1 Å². The number of thioether (sulfide) groups is 1. The fraction of sp³-hybridized carbons (Fsp3) is 0.300. The van der Waals surface area contributed by atoms with Crippen LogP contribution in [0.3, 0.4) is 0 Å². The Labute approximate surface area is 163 Å². The first-order valence-corrected chi connectivity index (χ1v) is 9.77. The smallest absolute Gasteiger partial charge is 0.180 e. The molecule has 27 heavy (non-hydrogen) atoms. The van der Waals surface area contributed by atoms with Gasteiger partial charge in [-0.1, -0.05) is 54.2 Å². The molecule has 7 heteroatoms. The molecule has 0 atom stereocenters. The second kappa shape index (κ2) is 10.7. The molecule has 0 amide bonds. The molecule has 1 aliphatic heterocycles. The van der Waals surface area contributed by atoms with Gasteiger partial charge in [0.2, 0.25) is 0 Å². The molecule has 0 aromatic heterocycles. The Bertz CT molecular complexity index is 762. The van der Waals surface area contributed by atoms with Crippen LogP contribution in [-0.2, 0) is 15.2 Å². The number of benzene rings is 2. The third kappa shape index (κ3) is 7.05. The molecule has 0 aliphatic carbocycles. The van der Waals surface area contributed by atoms with E-state index in [9.17, 15) is 0 Å². The maximum absolute atomic E-state index is 5.89. The zero-order valence-corrected chi connectivity index (χ0v) is 15.8. The highest BCUT2D eigenvalue weighted by Crippen LogP contribution is 2.15. The van der Waals surface area contributed by atoms with E-state index < -0.39 is 0 Å².